The number of nitrogen functional groups attached to an aromatic ring is 1. The standard InChI is InChI=1S/C16H15N3.C3H8.2C2H6/c1-3-18-14-7-5-12-8-11-4-6-13(17)9-15(11)19(2)16(12)10-14;1-3-2;2*1-2/h3-10,17H,1-2H3;3H2,1-2H3;2*1-2H3/p+1. The van der Waals surface area contributed by atoms with Crippen LogP contribution in [0.15, 0.2) is 47.5 Å². The molecule has 0 amide bonds. The van der Waals surface area contributed by atoms with E-state index in [1.54, 1.807) is 6.21 Å². The van der Waals surface area contributed by atoms with Crippen LogP contribution in [0.5, 0.6) is 0 Å². The van der Waals surface area contributed by atoms with Crippen LogP contribution in [0, 0.1) is 0 Å². The minimum Gasteiger partial charge on any atom is -0.399 e. The van der Waals surface area contributed by atoms with Gasteiger partial charge in [-0.25, -0.2) is 0 Å². The lowest BCUT2D eigenvalue weighted by Gasteiger charge is -2.03. The van der Waals surface area contributed by atoms with Gasteiger partial charge in [-0.15, -0.1) is 0 Å². The summed E-state index contributed by atoms with van der Waals surface area (Å²) < 4.78 is 2.16. The smallest absolute Gasteiger partial charge is 0.214 e. The van der Waals surface area contributed by atoms with E-state index in [0.29, 0.717) is 0 Å². The third-order valence-corrected chi connectivity index (χ3v) is 3.38. The Morgan fingerprint density at radius 2 is 1.38 bits per heavy atom. The maximum Gasteiger partial charge on any atom is 0.214 e. The van der Waals surface area contributed by atoms with Gasteiger partial charge in [0.05, 0.1) is 5.69 Å². The average molecular weight is 355 g/mol. The van der Waals surface area contributed by atoms with Crippen molar-refractivity contribution >= 4 is 39.4 Å². The van der Waals surface area contributed by atoms with Gasteiger partial charge < -0.3 is 5.73 Å². The summed E-state index contributed by atoms with van der Waals surface area (Å²) >= 11 is 0. The fourth-order valence-electron chi connectivity index (χ4n) is 2.44. The lowest BCUT2D eigenvalue weighted by Crippen LogP contribution is -2.30. The van der Waals surface area contributed by atoms with Crippen molar-refractivity contribution in [2.45, 2.75) is 54.9 Å². The molecule has 0 saturated carbocycles. The summed E-state index contributed by atoms with van der Waals surface area (Å²) in [7, 11) is 2.06. The topological polar surface area (TPSA) is 42.3 Å². The van der Waals surface area contributed by atoms with Gasteiger partial charge in [-0.2, -0.15) is 4.57 Å². The summed E-state index contributed by atoms with van der Waals surface area (Å²) in [6.07, 6.45) is 3.06. The number of aryl methyl sites for hydroxylation is 1. The second-order valence-electron chi connectivity index (χ2n) is 5.36. The Labute approximate surface area is 159 Å². The highest BCUT2D eigenvalue weighted by Gasteiger charge is 2.12. The Balaban J connectivity index is 0.000000793. The van der Waals surface area contributed by atoms with Crippen molar-refractivity contribution in [3.63, 3.8) is 0 Å². The van der Waals surface area contributed by atoms with Gasteiger partial charge in [0.25, 0.3) is 0 Å². The molecular formula is C23H36N3+. The molecule has 3 nitrogen and oxygen atoms in total. The third-order valence-electron chi connectivity index (χ3n) is 3.38. The van der Waals surface area contributed by atoms with Gasteiger partial charge in [-0.3, -0.25) is 4.99 Å². The molecule has 142 valence electrons. The summed E-state index contributed by atoms with van der Waals surface area (Å²) in [6, 6.07) is 14.4. The van der Waals surface area contributed by atoms with E-state index >= 15 is 0 Å². The number of nitrogens with zero attached hydrogens (tertiary/aromatic N) is 2. The van der Waals surface area contributed by atoms with Gasteiger partial charge in [-0.05, 0) is 37.3 Å². The summed E-state index contributed by atoms with van der Waals surface area (Å²) in [5.74, 6) is 0. The number of benzene rings is 2. The molecule has 3 aromatic rings. The quantitative estimate of drug-likeness (QED) is 0.228. The van der Waals surface area contributed by atoms with Crippen LogP contribution in [0.3, 0.4) is 0 Å². The van der Waals surface area contributed by atoms with Crippen molar-refractivity contribution in [1.29, 1.82) is 0 Å². The maximum absolute atomic E-state index is 5.88. The van der Waals surface area contributed by atoms with Crippen LogP contribution >= 0.6 is 0 Å². The first-order valence-electron chi connectivity index (χ1n) is 9.71. The van der Waals surface area contributed by atoms with Crippen molar-refractivity contribution in [3.8, 4) is 0 Å². The summed E-state index contributed by atoms with van der Waals surface area (Å²) in [6.45, 7) is 14.2. The van der Waals surface area contributed by atoms with Gasteiger partial charge in [0.1, 0.15) is 7.05 Å². The fourth-order valence-corrected chi connectivity index (χ4v) is 2.44. The molecule has 0 fully saturated rings. The number of hydrogen-bond acceptors (Lipinski definition) is 2. The van der Waals surface area contributed by atoms with E-state index in [1.807, 2.05) is 52.8 Å². The Bertz CT molecular complexity index is 820. The molecular weight excluding hydrogens is 318 g/mol. The number of fused-ring (bicyclic) bond motifs is 2. The number of pyridine rings is 1. The summed E-state index contributed by atoms with van der Waals surface area (Å²) in [5.41, 5.74) is 9.91. The predicted octanol–water partition coefficient (Wildman–Crippen LogP) is 6.59. The molecule has 0 aliphatic carbocycles. The molecule has 2 aromatic carbocycles. The number of nitrogens with two attached hydrogens (primary N) is 1. The molecule has 3 heteroatoms. The minimum atomic E-state index is 0.783. The minimum absolute atomic E-state index is 0.783. The highest BCUT2D eigenvalue weighted by molar-refractivity contribution is 5.91. The number of anilines is 1. The molecule has 0 aliphatic rings. The molecule has 1 aromatic heterocycles. The van der Waals surface area contributed by atoms with Crippen LogP contribution in [0.1, 0.15) is 54.9 Å². The van der Waals surface area contributed by atoms with Crippen LogP contribution in [-0.2, 0) is 7.05 Å². The molecule has 3 rings (SSSR count). The van der Waals surface area contributed by atoms with E-state index in [2.05, 4.69) is 54.7 Å². The Hall–Kier alpha value is -2.42. The Kier molecular flexibility index (Phi) is 11.7. The lowest BCUT2D eigenvalue weighted by atomic mass is 10.1. The van der Waals surface area contributed by atoms with Gasteiger partial charge in [0.15, 0.2) is 0 Å². The molecule has 2 N–H and O–H groups in total. The first-order chi connectivity index (χ1) is 12.6. The van der Waals surface area contributed by atoms with Crippen LogP contribution in [0.25, 0.3) is 21.8 Å². The van der Waals surface area contributed by atoms with E-state index in [4.69, 9.17) is 5.73 Å². The Morgan fingerprint density at radius 3 is 1.92 bits per heavy atom. The second-order valence-corrected chi connectivity index (χ2v) is 5.36. The van der Waals surface area contributed by atoms with Crippen molar-refractivity contribution in [2.75, 3.05) is 5.73 Å². The fraction of sp³-hybridized carbons (Fsp3) is 0.391. The van der Waals surface area contributed by atoms with Crippen LogP contribution in [0.4, 0.5) is 11.4 Å². The molecule has 1 heterocycles. The molecule has 26 heavy (non-hydrogen) atoms. The van der Waals surface area contributed by atoms with Crippen LogP contribution in [-0.4, -0.2) is 6.21 Å². The highest BCUT2D eigenvalue weighted by atomic mass is 14.9. The molecule has 0 aliphatic heterocycles. The Morgan fingerprint density at radius 1 is 0.885 bits per heavy atom. The van der Waals surface area contributed by atoms with Crippen molar-refractivity contribution in [1.82, 2.24) is 0 Å². The van der Waals surface area contributed by atoms with E-state index in [-0.39, 0.29) is 0 Å². The first kappa shape index (κ1) is 23.6. The van der Waals surface area contributed by atoms with Gasteiger partial charge >= 0.3 is 0 Å². The van der Waals surface area contributed by atoms with Crippen molar-refractivity contribution in [2.24, 2.45) is 12.0 Å². The molecule has 0 atom stereocenters. The second kappa shape index (κ2) is 12.9. The molecule has 0 saturated heterocycles. The van der Waals surface area contributed by atoms with Gasteiger partial charge in [0.2, 0.25) is 11.0 Å². The lowest BCUT2D eigenvalue weighted by molar-refractivity contribution is -0.617. The normalized spacial score (nSPS) is 9.69. The highest BCUT2D eigenvalue weighted by Crippen LogP contribution is 2.23. The molecule has 0 radical (unpaired) electrons. The van der Waals surface area contributed by atoms with E-state index in [0.717, 1.165) is 22.4 Å². The zero-order chi connectivity index (χ0) is 20.1. The van der Waals surface area contributed by atoms with Crippen molar-refractivity contribution < 1.29 is 4.57 Å². The van der Waals surface area contributed by atoms with E-state index in [1.165, 1.54) is 17.2 Å². The summed E-state index contributed by atoms with van der Waals surface area (Å²) in [5, 5.41) is 2.39. The molecule has 0 bridgehead atoms. The summed E-state index contributed by atoms with van der Waals surface area (Å²) in [4.78, 5) is 4.33. The first-order valence-corrected chi connectivity index (χ1v) is 9.71. The van der Waals surface area contributed by atoms with Gasteiger partial charge in [0, 0.05) is 34.8 Å². The zero-order valence-corrected chi connectivity index (χ0v) is 17.8. The maximum atomic E-state index is 5.88. The predicted molar refractivity (Wildman–Crippen MR) is 120 cm³/mol. The van der Waals surface area contributed by atoms with Crippen LogP contribution < -0.4 is 10.3 Å². The SMILES string of the molecule is CC.CC.CC=Nc1ccc2cc3ccc(N)cc3[n+](C)c2c1.CCC. The number of hydrogen-bond donors (Lipinski definition) is 1. The zero-order valence-electron chi connectivity index (χ0n) is 17.8. The third kappa shape index (κ3) is 6.14. The van der Waals surface area contributed by atoms with E-state index in [9.17, 15) is 0 Å². The molecule has 0 spiro atoms. The van der Waals surface area contributed by atoms with Crippen LogP contribution in [0.2, 0.25) is 0 Å². The largest absolute Gasteiger partial charge is 0.399 e. The van der Waals surface area contributed by atoms with E-state index < -0.39 is 0 Å². The monoisotopic (exact) mass is 354 g/mol. The number of aliphatic imine (C=N–C) groups is 1. The average Bonchev–Trinajstić information content (AvgIpc) is 2.67. The molecule has 0 unspecified atom stereocenters. The number of aromatic nitrogens is 1. The van der Waals surface area contributed by atoms with Gasteiger partial charge in [-0.1, -0.05) is 48.0 Å². The number of rotatable bonds is 1. The van der Waals surface area contributed by atoms with Crippen molar-refractivity contribution in [3.05, 3.63) is 42.5 Å².